The van der Waals surface area contributed by atoms with E-state index in [1.165, 1.54) is 61.7 Å². The number of methoxy groups -OCH3 is 1. The summed E-state index contributed by atoms with van der Waals surface area (Å²) in [7, 11) is -6.70. The topological polar surface area (TPSA) is 122 Å². The molecule has 4 aromatic carbocycles. The highest BCUT2D eigenvalue weighted by atomic mass is 35.5. The number of carbonyl (C=O) groups is 1. The fraction of sp³-hybridized carbons (Fsp3) is 0.107. The van der Waals surface area contributed by atoms with E-state index in [1.54, 1.807) is 36.4 Å². The Morgan fingerprint density at radius 2 is 1.49 bits per heavy atom. The lowest BCUT2D eigenvalue weighted by Crippen LogP contribution is -2.38. The molecule has 0 saturated heterocycles. The number of rotatable bonds is 10. The number of benzene rings is 4. The zero-order valence-electron chi connectivity index (χ0n) is 21.8. The normalized spacial score (nSPS) is 11.5. The predicted molar refractivity (Wildman–Crippen MR) is 161 cm³/mol. The Hall–Kier alpha value is -3.77. The minimum atomic E-state index is -4.14. The van der Waals surface area contributed by atoms with Gasteiger partial charge in [-0.1, -0.05) is 53.0 Å². The number of aryl methyl sites for hydroxylation is 1. The van der Waals surface area contributed by atoms with E-state index in [0.717, 1.165) is 9.87 Å². The zero-order valence-corrected chi connectivity index (χ0v) is 25.0. The Morgan fingerprint density at radius 1 is 0.854 bits per heavy atom. The number of nitrogens with one attached hydrogen (secondary N) is 2. The molecule has 9 nitrogen and oxygen atoms in total. The third-order valence-corrected chi connectivity index (χ3v) is 9.87. The quantitative estimate of drug-likeness (QED) is 0.223. The largest absolute Gasteiger partial charge is 0.497 e. The van der Waals surface area contributed by atoms with Crippen LogP contribution in [0.4, 0.5) is 17.1 Å². The lowest BCUT2D eigenvalue weighted by Gasteiger charge is -2.24. The average molecular weight is 635 g/mol. The molecular weight excluding hydrogens is 609 g/mol. The number of carbonyl (C=O) groups excluding carboxylic acids is 1. The molecule has 0 radical (unpaired) electrons. The highest BCUT2D eigenvalue weighted by Gasteiger charge is 2.28. The van der Waals surface area contributed by atoms with Crippen LogP contribution in [0, 0.1) is 6.92 Å². The fourth-order valence-corrected chi connectivity index (χ4v) is 6.64. The predicted octanol–water partition coefficient (Wildman–Crippen LogP) is 5.95. The monoisotopic (exact) mass is 633 g/mol. The first-order valence-electron chi connectivity index (χ1n) is 12.0. The molecule has 0 saturated carbocycles. The van der Waals surface area contributed by atoms with Gasteiger partial charge in [-0.25, -0.2) is 16.8 Å². The van der Waals surface area contributed by atoms with Gasteiger partial charge in [-0.15, -0.1) is 0 Å². The van der Waals surface area contributed by atoms with Crippen molar-refractivity contribution in [2.24, 2.45) is 0 Å². The number of anilines is 3. The molecule has 0 aliphatic rings. The molecule has 0 aliphatic heterocycles. The number of amides is 1. The van der Waals surface area contributed by atoms with Gasteiger partial charge in [0.15, 0.2) is 0 Å². The maximum Gasteiger partial charge on any atom is 0.264 e. The summed E-state index contributed by atoms with van der Waals surface area (Å²) in [5, 5.41) is 2.87. The first-order chi connectivity index (χ1) is 19.4. The minimum Gasteiger partial charge on any atom is -0.497 e. The van der Waals surface area contributed by atoms with Crippen LogP contribution >= 0.6 is 23.2 Å². The van der Waals surface area contributed by atoms with E-state index < -0.39 is 32.5 Å². The number of hydrogen-bond donors (Lipinski definition) is 2. The van der Waals surface area contributed by atoms with Crippen LogP contribution < -0.4 is 19.1 Å². The molecule has 214 valence electrons. The van der Waals surface area contributed by atoms with Crippen LogP contribution in [-0.2, 0) is 24.8 Å². The van der Waals surface area contributed by atoms with Crippen LogP contribution in [0.15, 0.2) is 101 Å². The van der Waals surface area contributed by atoms with Crippen molar-refractivity contribution in [1.29, 1.82) is 0 Å². The number of ether oxygens (including phenoxy) is 1. The molecule has 0 aliphatic carbocycles. The number of hydrogen-bond acceptors (Lipinski definition) is 6. The van der Waals surface area contributed by atoms with Crippen molar-refractivity contribution in [3.8, 4) is 5.75 Å². The van der Waals surface area contributed by atoms with Gasteiger partial charge in [0.1, 0.15) is 12.3 Å². The van der Waals surface area contributed by atoms with Gasteiger partial charge in [0.25, 0.3) is 20.0 Å². The van der Waals surface area contributed by atoms with Gasteiger partial charge in [-0.05, 0) is 67.6 Å². The molecular formula is C28H25Cl2N3O6S2. The molecule has 1 amide bonds. The van der Waals surface area contributed by atoms with E-state index in [1.807, 2.05) is 6.92 Å². The maximum absolute atomic E-state index is 13.6. The smallest absolute Gasteiger partial charge is 0.264 e. The van der Waals surface area contributed by atoms with Crippen molar-refractivity contribution >= 4 is 66.2 Å². The molecule has 0 bridgehead atoms. The summed E-state index contributed by atoms with van der Waals surface area (Å²) in [4.78, 5) is 13.0. The Balaban J connectivity index is 1.55. The Bertz CT molecular complexity index is 1780. The standard InChI is InChI=1S/C28H25Cl2N3O6S2/c1-19-9-13-24(14-10-19)41(37,38)33(21-5-3-6-22(17-21)39-2)18-27(34)31-20-11-15-23(16-12-20)40(35,36)32-26-8-4-7-25(29)28(26)30/h3-17,32H,18H2,1-2H3,(H,31,34). The van der Waals surface area contributed by atoms with Crippen molar-refractivity contribution < 1.29 is 26.4 Å². The van der Waals surface area contributed by atoms with E-state index >= 15 is 0 Å². The van der Waals surface area contributed by atoms with Crippen molar-refractivity contribution in [2.75, 3.05) is 28.0 Å². The van der Waals surface area contributed by atoms with Crippen LogP contribution in [0.25, 0.3) is 0 Å². The molecule has 2 N–H and O–H groups in total. The van der Waals surface area contributed by atoms with Crippen molar-refractivity contribution in [2.45, 2.75) is 16.7 Å². The second kappa shape index (κ2) is 12.4. The highest BCUT2D eigenvalue weighted by Crippen LogP contribution is 2.31. The van der Waals surface area contributed by atoms with Crippen LogP contribution in [0.1, 0.15) is 5.56 Å². The lowest BCUT2D eigenvalue weighted by atomic mass is 10.2. The van der Waals surface area contributed by atoms with E-state index in [-0.39, 0.29) is 36.9 Å². The molecule has 41 heavy (non-hydrogen) atoms. The van der Waals surface area contributed by atoms with Gasteiger partial charge < -0.3 is 10.1 Å². The van der Waals surface area contributed by atoms with Crippen LogP contribution in [0.5, 0.6) is 5.75 Å². The van der Waals surface area contributed by atoms with E-state index in [2.05, 4.69) is 10.0 Å². The van der Waals surface area contributed by atoms with Gasteiger partial charge in [-0.3, -0.25) is 13.8 Å². The lowest BCUT2D eigenvalue weighted by molar-refractivity contribution is -0.114. The van der Waals surface area contributed by atoms with Crippen molar-refractivity contribution in [3.05, 3.63) is 107 Å². The molecule has 4 aromatic rings. The third-order valence-electron chi connectivity index (χ3n) is 5.88. The third kappa shape index (κ3) is 7.12. The number of sulfonamides is 2. The average Bonchev–Trinajstić information content (AvgIpc) is 2.94. The molecule has 0 unspecified atom stereocenters. The van der Waals surface area contributed by atoms with Crippen molar-refractivity contribution in [1.82, 2.24) is 0 Å². The molecule has 0 spiro atoms. The number of nitrogens with zero attached hydrogens (tertiary/aromatic N) is 1. The Labute approximate surface area is 248 Å². The van der Waals surface area contributed by atoms with Crippen LogP contribution in [0.3, 0.4) is 0 Å². The van der Waals surface area contributed by atoms with E-state index in [4.69, 9.17) is 27.9 Å². The highest BCUT2D eigenvalue weighted by molar-refractivity contribution is 7.93. The van der Waals surface area contributed by atoms with Crippen LogP contribution in [-0.4, -0.2) is 36.4 Å². The summed E-state index contributed by atoms with van der Waals surface area (Å²) in [6.07, 6.45) is 0. The second-order valence-corrected chi connectivity index (χ2v) is 13.1. The zero-order chi connectivity index (χ0) is 29.8. The van der Waals surface area contributed by atoms with Gasteiger partial charge >= 0.3 is 0 Å². The molecule has 0 heterocycles. The Kier molecular flexibility index (Phi) is 9.13. The molecule has 13 heteroatoms. The van der Waals surface area contributed by atoms with Crippen molar-refractivity contribution in [3.63, 3.8) is 0 Å². The molecule has 0 aromatic heterocycles. The summed E-state index contributed by atoms with van der Waals surface area (Å²) >= 11 is 12.1. The fourth-order valence-electron chi connectivity index (χ4n) is 3.75. The van der Waals surface area contributed by atoms with Gasteiger partial charge in [0.05, 0.1) is 38.3 Å². The first kappa shape index (κ1) is 30.2. The number of halogens is 2. The summed E-state index contributed by atoms with van der Waals surface area (Å²) < 4.78 is 61.5. The SMILES string of the molecule is COc1cccc(N(CC(=O)Nc2ccc(S(=O)(=O)Nc3cccc(Cl)c3Cl)cc2)S(=O)(=O)c2ccc(C)cc2)c1. The van der Waals surface area contributed by atoms with Gasteiger partial charge in [0, 0.05) is 11.8 Å². The second-order valence-electron chi connectivity index (χ2n) is 8.81. The molecule has 4 rings (SSSR count). The van der Waals surface area contributed by atoms with E-state index in [0.29, 0.717) is 5.75 Å². The molecule has 0 atom stereocenters. The molecule has 0 fully saturated rings. The van der Waals surface area contributed by atoms with E-state index in [9.17, 15) is 21.6 Å². The maximum atomic E-state index is 13.6. The first-order valence-corrected chi connectivity index (χ1v) is 15.7. The summed E-state index contributed by atoms with van der Waals surface area (Å²) in [5.74, 6) is -0.237. The van der Waals surface area contributed by atoms with Gasteiger partial charge in [0.2, 0.25) is 5.91 Å². The summed E-state index contributed by atoms with van der Waals surface area (Å²) in [5.41, 5.74) is 1.48. The summed E-state index contributed by atoms with van der Waals surface area (Å²) in [6, 6.07) is 22.5. The Morgan fingerprint density at radius 3 is 2.15 bits per heavy atom. The minimum absolute atomic E-state index is 0.0144. The van der Waals surface area contributed by atoms with Crippen LogP contribution in [0.2, 0.25) is 10.0 Å². The van der Waals surface area contributed by atoms with Gasteiger partial charge in [-0.2, -0.15) is 0 Å². The summed E-state index contributed by atoms with van der Waals surface area (Å²) in [6.45, 7) is 1.28.